The SMILES string of the molecule is CS(=O)CCCNC(=O)CC1CNc2ccccc21. The summed E-state index contributed by atoms with van der Waals surface area (Å²) in [6.07, 6.45) is 2.97. The molecule has 2 N–H and O–H groups in total. The van der Waals surface area contributed by atoms with Crippen molar-refractivity contribution >= 4 is 22.4 Å². The topological polar surface area (TPSA) is 58.2 Å². The summed E-state index contributed by atoms with van der Waals surface area (Å²) in [6.45, 7) is 1.44. The summed E-state index contributed by atoms with van der Waals surface area (Å²) in [7, 11) is -0.775. The van der Waals surface area contributed by atoms with Crippen LogP contribution in [0.4, 0.5) is 5.69 Å². The first kappa shape index (κ1) is 14.1. The average molecular weight is 280 g/mol. The minimum atomic E-state index is -0.775. The van der Waals surface area contributed by atoms with Gasteiger partial charge in [-0.2, -0.15) is 0 Å². The molecule has 1 aromatic rings. The van der Waals surface area contributed by atoms with Crippen LogP contribution >= 0.6 is 0 Å². The number of hydrogen-bond acceptors (Lipinski definition) is 3. The predicted molar refractivity (Wildman–Crippen MR) is 78.8 cm³/mol. The van der Waals surface area contributed by atoms with Gasteiger partial charge in [-0.05, 0) is 18.1 Å². The first-order chi connectivity index (χ1) is 9.16. The average Bonchev–Trinajstić information content (AvgIpc) is 2.78. The number of para-hydroxylation sites is 1. The van der Waals surface area contributed by atoms with Crippen LogP contribution in [0, 0.1) is 0 Å². The highest BCUT2D eigenvalue weighted by molar-refractivity contribution is 7.84. The minimum Gasteiger partial charge on any atom is -0.384 e. The van der Waals surface area contributed by atoms with Crippen molar-refractivity contribution in [2.45, 2.75) is 18.8 Å². The van der Waals surface area contributed by atoms with E-state index in [1.165, 1.54) is 5.56 Å². The Hall–Kier alpha value is -1.36. The zero-order chi connectivity index (χ0) is 13.7. The molecule has 2 rings (SSSR count). The standard InChI is InChI=1S/C14H20N2O2S/c1-19(18)8-4-7-15-14(17)9-11-10-16-13-6-3-2-5-12(11)13/h2-3,5-6,11,16H,4,7-10H2,1H3,(H,15,17). The van der Waals surface area contributed by atoms with Crippen molar-refractivity contribution in [3.05, 3.63) is 29.8 Å². The number of benzene rings is 1. The van der Waals surface area contributed by atoms with Crippen molar-refractivity contribution in [1.29, 1.82) is 0 Å². The fourth-order valence-corrected chi connectivity index (χ4v) is 2.89. The Morgan fingerprint density at radius 2 is 2.26 bits per heavy atom. The molecule has 5 heteroatoms. The molecule has 0 radical (unpaired) electrons. The second-order valence-corrected chi connectivity index (χ2v) is 6.40. The molecule has 0 aliphatic carbocycles. The van der Waals surface area contributed by atoms with Crippen LogP contribution in [0.1, 0.15) is 24.3 Å². The molecule has 0 saturated carbocycles. The molecule has 2 atom stereocenters. The summed E-state index contributed by atoms with van der Waals surface area (Å²) in [5.41, 5.74) is 2.37. The van der Waals surface area contributed by atoms with Crippen molar-refractivity contribution in [2.75, 3.05) is 30.4 Å². The van der Waals surface area contributed by atoms with Crippen molar-refractivity contribution < 1.29 is 9.00 Å². The van der Waals surface area contributed by atoms with Gasteiger partial charge >= 0.3 is 0 Å². The normalized spacial score (nSPS) is 18.5. The molecular formula is C14H20N2O2S. The van der Waals surface area contributed by atoms with E-state index in [2.05, 4.69) is 16.7 Å². The van der Waals surface area contributed by atoms with Crippen LogP contribution in [0.2, 0.25) is 0 Å². The monoisotopic (exact) mass is 280 g/mol. The lowest BCUT2D eigenvalue weighted by atomic mass is 9.97. The van der Waals surface area contributed by atoms with E-state index < -0.39 is 10.8 Å². The lowest BCUT2D eigenvalue weighted by molar-refractivity contribution is -0.121. The number of fused-ring (bicyclic) bond motifs is 1. The molecular weight excluding hydrogens is 260 g/mol. The highest BCUT2D eigenvalue weighted by atomic mass is 32.2. The van der Waals surface area contributed by atoms with Gasteiger partial charge in [0.2, 0.25) is 5.91 Å². The van der Waals surface area contributed by atoms with Gasteiger partial charge in [-0.1, -0.05) is 18.2 Å². The molecule has 104 valence electrons. The molecule has 0 spiro atoms. The molecule has 1 aliphatic rings. The van der Waals surface area contributed by atoms with Gasteiger partial charge in [-0.25, -0.2) is 0 Å². The van der Waals surface area contributed by atoms with Crippen molar-refractivity contribution in [3.8, 4) is 0 Å². The Morgan fingerprint density at radius 1 is 1.47 bits per heavy atom. The summed E-state index contributed by atoms with van der Waals surface area (Å²) in [5.74, 6) is 0.982. The summed E-state index contributed by atoms with van der Waals surface area (Å²) in [6, 6.07) is 8.13. The van der Waals surface area contributed by atoms with Gasteiger partial charge in [-0.15, -0.1) is 0 Å². The van der Waals surface area contributed by atoms with E-state index in [0.717, 1.165) is 18.7 Å². The van der Waals surface area contributed by atoms with Crippen LogP contribution in [0.5, 0.6) is 0 Å². The van der Waals surface area contributed by atoms with Gasteiger partial charge in [0, 0.05) is 53.9 Å². The van der Waals surface area contributed by atoms with Crippen LogP contribution in [-0.2, 0) is 15.6 Å². The number of amides is 1. The summed E-state index contributed by atoms with van der Waals surface area (Å²) < 4.78 is 10.9. The van der Waals surface area contributed by atoms with E-state index in [0.29, 0.717) is 18.7 Å². The zero-order valence-corrected chi connectivity index (χ0v) is 12.0. The van der Waals surface area contributed by atoms with Crippen LogP contribution in [0.3, 0.4) is 0 Å². The summed E-state index contributed by atoms with van der Waals surface area (Å²) in [4.78, 5) is 11.8. The molecule has 4 nitrogen and oxygen atoms in total. The summed E-state index contributed by atoms with van der Waals surface area (Å²) >= 11 is 0. The van der Waals surface area contributed by atoms with E-state index in [1.54, 1.807) is 6.26 Å². The number of rotatable bonds is 6. The molecule has 0 bridgehead atoms. The molecule has 0 aromatic heterocycles. The minimum absolute atomic E-state index is 0.0744. The largest absolute Gasteiger partial charge is 0.384 e. The van der Waals surface area contributed by atoms with Gasteiger partial charge in [0.1, 0.15) is 0 Å². The van der Waals surface area contributed by atoms with Crippen molar-refractivity contribution in [2.24, 2.45) is 0 Å². The van der Waals surface area contributed by atoms with E-state index >= 15 is 0 Å². The molecule has 0 saturated heterocycles. The third-order valence-electron chi connectivity index (χ3n) is 3.30. The maximum absolute atomic E-state index is 11.8. The van der Waals surface area contributed by atoms with Gasteiger partial charge in [0.05, 0.1) is 0 Å². The van der Waals surface area contributed by atoms with Crippen LogP contribution in [-0.4, -0.2) is 35.2 Å². The third-order valence-corrected chi connectivity index (χ3v) is 4.17. The molecule has 0 fully saturated rings. The Morgan fingerprint density at radius 3 is 3.05 bits per heavy atom. The van der Waals surface area contributed by atoms with E-state index in [-0.39, 0.29) is 11.8 Å². The molecule has 1 aliphatic heterocycles. The highest BCUT2D eigenvalue weighted by Crippen LogP contribution is 2.32. The van der Waals surface area contributed by atoms with E-state index in [4.69, 9.17) is 0 Å². The third kappa shape index (κ3) is 4.06. The second kappa shape index (κ2) is 6.70. The highest BCUT2D eigenvalue weighted by Gasteiger charge is 2.23. The lowest BCUT2D eigenvalue weighted by Crippen LogP contribution is -2.27. The molecule has 19 heavy (non-hydrogen) atoms. The van der Waals surface area contributed by atoms with Crippen LogP contribution < -0.4 is 10.6 Å². The molecule has 2 unspecified atom stereocenters. The maximum Gasteiger partial charge on any atom is 0.220 e. The van der Waals surface area contributed by atoms with Crippen molar-refractivity contribution in [3.63, 3.8) is 0 Å². The van der Waals surface area contributed by atoms with Gasteiger partial charge in [0.25, 0.3) is 0 Å². The Kier molecular flexibility index (Phi) is 4.96. The molecule has 1 amide bonds. The first-order valence-corrected chi connectivity index (χ1v) is 8.29. The van der Waals surface area contributed by atoms with Gasteiger partial charge in [-0.3, -0.25) is 9.00 Å². The smallest absolute Gasteiger partial charge is 0.220 e. The first-order valence-electron chi connectivity index (χ1n) is 6.56. The second-order valence-electron chi connectivity index (χ2n) is 4.85. The van der Waals surface area contributed by atoms with Crippen LogP contribution in [0.15, 0.2) is 24.3 Å². The number of hydrogen-bond donors (Lipinski definition) is 2. The van der Waals surface area contributed by atoms with Gasteiger partial charge in [0.15, 0.2) is 0 Å². The lowest BCUT2D eigenvalue weighted by Gasteiger charge is -2.10. The Balaban J connectivity index is 1.76. The maximum atomic E-state index is 11.8. The quantitative estimate of drug-likeness (QED) is 0.776. The Bertz CT molecular complexity index is 476. The summed E-state index contributed by atoms with van der Waals surface area (Å²) in [5, 5.41) is 6.21. The number of carbonyl (C=O) groups is 1. The number of anilines is 1. The van der Waals surface area contributed by atoms with E-state index in [1.807, 2.05) is 18.2 Å². The van der Waals surface area contributed by atoms with Crippen LogP contribution in [0.25, 0.3) is 0 Å². The molecule has 1 heterocycles. The predicted octanol–water partition coefficient (Wildman–Crippen LogP) is 1.47. The number of carbonyl (C=O) groups excluding carboxylic acids is 1. The fourth-order valence-electron chi connectivity index (χ4n) is 2.34. The number of nitrogens with one attached hydrogen (secondary N) is 2. The zero-order valence-electron chi connectivity index (χ0n) is 11.1. The van der Waals surface area contributed by atoms with E-state index in [9.17, 15) is 9.00 Å². The Labute approximate surface area is 116 Å². The van der Waals surface area contributed by atoms with Gasteiger partial charge < -0.3 is 10.6 Å². The molecule has 1 aromatic carbocycles. The fraction of sp³-hybridized carbons (Fsp3) is 0.500. The van der Waals surface area contributed by atoms with Crippen molar-refractivity contribution in [1.82, 2.24) is 5.32 Å².